The fourth-order valence-electron chi connectivity index (χ4n) is 3.78. The van der Waals surface area contributed by atoms with Gasteiger partial charge in [0.25, 0.3) is 0 Å². The van der Waals surface area contributed by atoms with Crippen LogP contribution in [0.5, 0.6) is 11.5 Å². The molecule has 6 heteroatoms. The standard InChI is InChI=1S/C21H26N2O4/c24-21(14-16-6-7-19-20(13-16)27-12-11-26-19)22-15-17(18-5-4-10-25-18)23-8-2-1-3-9-23/h4-7,10,13,17H,1-3,8-9,11-12,14-15H2,(H,22,24). The van der Waals surface area contributed by atoms with Gasteiger partial charge in [-0.15, -0.1) is 0 Å². The lowest BCUT2D eigenvalue weighted by Gasteiger charge is -2.33. The number of hydrogen-bond donors (Lipinski definition) is 1. The van der Waals surface area contributed by atoms with E-state index in [1.165, 1.54) is 19.3 Å². The molecule has 6 nitrogen and oxygen atoms in total. The van der Waals surface area contributed by atoms with Crippen LogP contribution in [0.4, 0.5) is 0 Å². The van der Waals surface area contributed by atoms with Crippen molar-refractivity contribution >= 4 is 5.91 Å². The van der Waals surface area contributed by atoms with Crippen molar-refractivity contribution in [3.05, 3.63) is 47.9 Å². The number of carbonyl (C=O) groups is 1. The Bertz CT molecular complexity index is 754. The average molecular weight is 370 g/mol. The molecule has 1 N–H and O–H groups in total. The number of nitrogens with one attached hydrogen (secondary N) is 1. The first-order valence-corrected chi connectivity index (χ1v) is 9.72. The van der Waals surface area contributed by atoms with E-state index in [-0.39, 0.29) is 11.9 Å². The summed E-state index contributed by atoms with van der Waals surface area (Å²) in [5, 5.41) is 3.08. The number of rotatable bonds is 6. The predicted octanol–water partition coefficient (Wildman–Crippen LogP) is 2.94. The van der Waals surface area contributed by atoms with Crippen LogP contribution >= 0.6 is 0 Å². The van der Waals surface area contributed by atoms with Crippen molar-refractivity contribution in [1.29, 1.82) is 0 Å². The molecule has 0 spiro atoms. The summed E-state index contributed by atoms with van der Waals surface area (Å²) >= 11 is 0. The highest BCUT2D eigenvalue weighted by atomic mass is 16.6. The van der Waals surface area contributed by atoms with Crippen LogP contribution in [0.1, 0.15) is 36.6 Å². The molecule has 1 saturated heterocycles. The number of benzene rings is 1. The summed E-state index contributed by atoms with van der Waals surface area (Å²) in [4.78, 5) is 14.9. The second-order valence-corrected chi connectivity index (χ2v) is 7.09. The molecule has 4 rings (SSSR count). The third-order valence-electron chi connectivity index (χ3n) is 5.17. The van der Waals surface area contributed by atoms with E-state index in [0.717, 1.165) is 30.2 Å². The summed E-state index contributed by atoms with van der Waals surface area (Å²) in [7, 11) is 0. The maximum Gasteiger partial charge on any atom is 0.224 e. The first-order chi connectivity index (χ1) is 13.3. The van der Waals surface area contributed by atoms with Crippen LogP contribution < -0.4 is 14.8 Å². The SMILES string of the molecule is O=C(Cc1ccc2c(c1)OCCO2)NCC(c1ccco1)N1CCCCC1. The fraction of sp³-hybridized carbons (Fsp3) is 0.476. The highest BCUT2D eigenvalue weighted by Crippen LogP contribution is 2.31. The van der Waals surface area contributed by atoms with Crippen molar-refractivity contribution in [2.45, 2.75) is 31.7 Å². The van der Waals surface area contributed by atoms with E-state index in [9.17, 15) is 4.79 Å². The molecule has 0 radical (unpaired) electrons. The Morgan fingerprint density at radius 1 is 1.07 bits per heavy atom. The molecule has 27 heavy (non-hydrogen) atoms. The number of carbonyl (C=O) groups excluding carboxylic acids is 1. The number of piperidine rings is 1. The maximum atomic E-state index is 12.5. The molecule has 0 saturated carbocycles. The van der Waals surface area contributed by atoms with E-state index in [2.05, 4.69) is 10.2 Å². The van der Waals surface area contributed by atoms with Gasteiger partial charge in [-0.3, -0.25) is 9.69 Å². The molecule has 1 unspecified atom stereocenters. The van der Waals surface area contributed by atoms with E-state index in [0.29, 0.717) is 31.9 Å². The van der Waals surface area contributed by atoms with Gasteiger partial charge in [0.2, 0.25) is 5.91 Å². The van der Waals surface area contributed by atoms with Gasteiger partial charge >= 0.3 is 0 Å². The van der Waals surface area contributed by atoms with Crippen LogP contribution in [-0.2, 0) is 11.2 Å². The molecule has 0 bridgehead atoms. The van der Waals surface area contributed by atoms with E-state index >= 15 is 0 Å². The molecule has 1 atom stereocenters. The van der Waals surface area contributed by atoms with Gasteiger partial charge in [-0.1, -0.05) is 12.5 Å². The number of ether oxygens (including phenoxy) is 2. The molecular weight excluding hydrogens is 344 g/mol. The van der Waals surface area contributed by atoms with Crippen LogP contribution in [0.15, 0.2) is 41.0 Å². The number of hydrogen-bond acceptors (Lipinski definition) is 5. The molecule has 2 aliphatic rings. The van der Waals surface area contributed by atoms with Gasteiger partial charge < -0.3 is 19.2 Å². The summed E-state index contributed by atoms with van der Waals surface area (Å²) in [6.45, 7) is 3.75. The second kappa shape index (κ2) is 8.48. The molecule has 2 aromatic rings. The van der Waals surface area contributed by atoms with Gasteiger partial charge in [0, 0.05) is 6.54 Å². The van der Waals surface area contributed by atoms with Gasteiger partial charge in [-0.25, -0.2) is 0 Å². The molecule has 2 aliphatic heterocycles. The summed E-state index contributed by atoms with van der Waals surface area (Å²) in [6.07, 6.45) is 5.69. The molecule has 3 heterocycles. The van der Waals surface area contributed by atoms with Crippen molar-refractivity contribution < 1.29 is 18.7 Å². The molecule has 144 valence electrons. The normalized spacial score (nSPS) is 18.1. The third kappa shape index (κ3) is 4.45. The Kier molecular flexibility index (Phi) is 5.63. The lowest BCUT2D eigenvalue weighted by Crippen LogP contribution is -2.40. The fourth-order valence-corrected chi connectivity index (χ4v) is 3.78. The van der Waals surface area contributed by atoms with Crippen LogP contribution in [0.25, 0.3) is 0 Å². The van der Waals surface area contributed by atoms with Crippen LogP contribution in [-0.4, -0.2) is 43.7 Å². The van der Waals surface area contributed by atoms with Crippen LogP contribution in [0, 0.1) is 0 Å². The van der Waals surface area contributed by atoms with Crippen molar-refractivity contribution in [2.24, 2.45) is 0 Å². The first-order valence-electron chi connectivity index (χ1n) is 9.72. The Labute approximate surface area is 159 Å². The maximum absolute atomic E-state index is 12.5. The molecule has 1 aromatic carbocycles. The summed E-state index contributed by atoms with van der Waals surface area (Å²) in [6, 6.07) is 9.67. The van der Waals surface area contributed by atoms with Gasteiger partial charge in [-0.05, 0) is 55.8 Å². The van der Waals surface area contributed by atoms with E-state index < -0.39 is 0 Å². The summed E-state index contributed by atoms with van der Waals surface area (Å²) < 4.78 is 16.8. The molecule has 0 aliphatic carbocycles. The highest BCUT2D eigenvalue weighted by Gasteiger charge is 2.25. The van der Waals surface area contributed by atoms with Crippen LogP contribution in [0.3, 0.4) is 0 Å². The number of nitrogens with zero attached hydrogens (tertiary/aromatic N) is 1. The van der Waals surface area contributed by atoms with E-state index in [1.807, 2.05) is 30.3 Å². The van der Waals surface area contributed by atoms with Crippen molar-refractivity contribution in [3.63, 3.8) is 0 Å². The molecule has 1 amide bonds. The number of likely N-dealkylation sites (tertiary alicyclic amines) is 1. The van der Waals surface area contributed by atoms with Crippen molar-refractivity contribution in [3.8, 4) is 11.5 Å². The highest BCUT2D eigenvalue weighted by molar-refractivity contribution is 5.78. The quantitative estimate of drug-likeness (QED) is 0.847. The number of fused-ring (bicyclic) bond motifs is 1. The van der Waals surface area contributed by atoms with Gasteiger partial charge in [-0.2, -0.15) is 0 Å². The minimum Gasteiger partial charge on any atom is -0.486 e. The average Bonchev–Trinajstić information content (AvgIpc) is 3.23. The molecule has 1 aromatic heterocycles. The predicted molar refractivity (Wildman–Crippen MR) is 101 cm³/mol. The monoisotopic (exact) mass is 370 g/mol. The largest absolute Gasteiger partial charge is 0.486 e. The number of amides is 1. The lowest BCUT2D eigenvalue weighted by atomic mass is 10.1. The van der Waals surface area contributed by atoms with E-state index in [1.54, 1.807) is 6.26 Å². The van der Waals surface area contributed by atoms with Gasteiger partial charge in [0.1, 0.15) is 19.0 Å². The Morgan fingerprint density at radius 3 is 2.67 bits per heavy atom. The lowest BCUT2D eigenvalue weighted by molar-refractivity contribution is -0.120. The van der Waals surface area contributed by atoms with Gasteiger partial charge in [0.15, 0.2) is 11.5 Å². The van der Waals surface area contributed by atoms with Crippen LogP contribution in [0.2, 0.25) is 0 Å². The minimum absolute atomic E-state index is 0.000225. The molecular formula is C21H26N2O4. The second-order valence-electron chi connectivity index (χ2n) is 7.09. The third-order valence-corrected chi connectivity index (χ3v) is 5.17. The molecule has 1 fully saturated rings. The van der Waals surface area contributed by atoms with Crippen molar-refractivity contribution in [2.75, 3.05) is 32.8 Å². The van der Waals surface area contributed by atoms with Crippen molar-refractivity contribution in [1.82, 2.24) is 10.2 Å². The Hall–Kier alpha value is -2.47. The zero-order valence-electron chi connectivity index (χ0n) is 15.5. The zero-order chi connectivity index (χ0) is 18.5. The summed E-state index contributed by atoms with van der Waals surface area (Å²) in [5.74, 6) is 2.37. The summed E-state index contributed by atoms with van der Waals surface area (Å²) in [5.41, 5.74) is 0.921. The zero-order valence-corrected chi connectivity index (χ0v) is 15.5. The Morgan fingerprint density at radius 2 is 1.89 bits per heavy atom. The Balaban J connectivity index is 1.36. The first kappa shape index (κ1) is 17.9. The minimum atomic E-state index is 0.000225. The van der Waals surface area contributed by atoms with E-state index in [4.69, 9.17) is 13.9 Å². The smallest absolute Gasteiger partial charge is 0.224 e. The topological polar surface area (TPSA) is 63.9 Å². The van der Waals surface area contributed by atoms with Gasteiger partial charge in [0.05, 0.1) is 18.7 Å². The number of furan rings is 1.